The average molecular weight is 608 g/mol. The van der Waals surface area contributed by atoms with Crippen LogP contribution in [-0.4, -0.2) is 83.0 Å². The molecule has 0 radical (unpaired) electrons. The molecule has 13 heteroatoms. The number of likely N-dealkylation sites (tertiary alicyclic amines) is 1. The van der Waals surface area contributed by atoms with Crippen LogP contribution in [0.15, 0.2) is 16.7 Å². The van der Waals surface area contributed by atoms with Gasteiger partial charge in [-0.2, -0.15) is 5.10 Å². The van der Waals surface area contributed by atoms with Gasteiger partial charge in [0.15, 0.2) is 12.0 Å². The second kappa shape index (κ2) is 12.0. The Hall–Kier alpha value is -1.70. The molecule has 2 aliphatic rings. The first-order valence-electron chi connectivity index (χ1n) is 12.3. The van der Waals surface area contributed by atoms with Crippen molar-refractivity contribution in [2.24, 2.45) is 0 Å². The standard InChI is InChI=1S/C24H33BrClFN4O6/c1-24(2,3)37-23(33)30-12-16(27)17(13-30)29-22(32)36-9-8-35-21-15(26)10-18-14(20(21)25)11-28-31(18)19-6-4-5-7-34-19/h10-11,16-17,19,23,33H,4-9,12-13H2,1-3H3,(H,29,32)/t16-,17+,19?,23?/m1/s1. The fraction of sp³-hybridized carbons (Fsp3) is 0.667. The van der Waals surface area contributed by atoms with E-state index in [1.807, 2.05) is 4.68 Å². The molecule has 0 bridgehead atoms. The van der Waals surface area contributed by atoms with Gasteiger partial charge in [-0.25, -0.2) is 13.9 Å². The number of carbonyl (C=O) groups excluding carboxylic acids is 1. The van der Waals surface area contributed by atoms with Crippen molar-refractivity contribution in [1.82, 2.24) is 20.0 Å². The zero-order chi connectivity index (χ0) is 26.7. The molecule has 2 saturated heterocycles. The lowest BCUT2D eigenvalue weighted by molar-refractivity contribution is -0.234. The molecule has 2 unspecified atom stereocenters. The van der Waals surface area contributed by atoms with E-state index in [0.29, 0.717) is 21.9 Å². The second-order valence-electron chi connectivity index (χ2n) is 10.1. The van der Waals surface area contributed by atoms with E-state index >= 15 is 0 Å². The largest absolute Gasteiger partial charge is 0.487 e. The number of alkyl carbamates (subject to hydrolysis) is 1. The number of rotatable bonds is 8. The van der Waals surface area contributed by atoms with Gasteiger partial charge in [0.2, 0.25) is 6.41 Å². The van der Waals surface area contributed by atoms with Gasteiger partial charge in [0.1, 0.15) is 19.4 Å². The molecule has 4 atom stereocenters. The van der Waals surface area contributed by atoms with Crippen LogP contribution in [0.5, 0.6) is 5.75 Å². The normalized spacial score (nSPS) is 23.8. The van der Waals surface area contributed by atoms with E-state index in [4.69, 9.17) is 30.5 Å². The van der Waals surface area contributed by atoms with Crippen LogP contribution in [0.3, 0.4) is 0 Å². The highest BCUT2D eigenvalue weighted by Crippen LogP contribution is 2.40. The summed E-state index contributed by atoms with van der Waals surface area (Å²) in [6, 6.07) is 0.947. The minimum absolute atomic E-state index is 0.0328. The maximum atomic E-state index is 14.4. The summed E-state index contributed by atoms with van der Waals surface area (Å²) in [5.74, 6) is 0.408. The summed E-state index contributed by atoms with van der Waals surface area (Å²) in [5, 5.41) is 18.3. The lowest BCUT2D eigenvalue weighted by atomic mass is 10.2. The van der Waals surface area contributed by atoms with Crippen LogP contribution < -0.4 is 10.1 Å². The third-order valence-electron chi connectivity index (χ3n) is 6.09. The van der Waals surface area contributed by atoms with Crippen LogP contribution in [0, 0.1) is 0 Å². The molecule has 2 fully saturated rings. The number of nitrogens with one attached hydrogen (secondary N) is 1. The summed E-state index contributed by atoms with van der Waals surface area (Å²) in [6.45, 7) is 6.05. The summed E-state index contributed by atoms with van der Waals surface area (Å²) in [4.78, 5) is 13.6. The van der Waals surface area contributed by atoms with Gasteiger partial charge in [0.25, 0.3) is 0 Å². The van der Waals surface area contributed by atoms with Gasteiger partial charge in [-0.05, 0) is 62.0 Å². The van der Waals surface area contributed by atoms with Crippen molar-refractivity contribution in [2.75, 3.05) is 32.9 Å². The quantitative estimate of drug-likeness (QED) is 0.337. The number of hydrogen-bond donors (Lipinski definition) is 2. The van der Waals surface area contributed by atoms with Gasteiger partial charge in [-0.15, -0.1) is 0 Å². The number of aliphatic hydroxyl groups is 1. The van der Waals surface area contributed by atoms with Crippen molar-refractivity contribution in [3.8, 4) is 5.75 Å². The Balaban J connectivity index is 1.26. The maximum absolute atomic E-state index is 14.4. The molecule has 0 spiro atoms. The fourth-order valence-electron chi connectivity index (χ4n) is 4.35. The van der Waals surface area contributed by atoms with Gasteiger partial charge in [-0.3, -0.25) is 4.90 Å². The van der Waals surface area contributed by atoms with Crippen LogP contribution in [0.25, 0.3) is 10.9 Å². The SMILES string of the molecule is CC(C)(C)OC(O)N1C[C@@H](F)[C@@H](NC(=O)OCCOc2c(Cl)cc3c(cnn3C3CCCCO3)c2Br)C1. The number of ether oxygens (including phenoxy) is 4. The van der Waals surface area contributed by atoms with E-state index in [9.17, 15) is 14.3 Å². The van der Waals surface area contributed by atoms with E-state index in [1.165, 1.54) is 4.90 Å². The van der Waals surface area contributed by atoms with E-state index in [1.54, 1.807) is 33.0 Å². The summed E-state index contributed by atoms with van der Waals surface area (Å²) in [5.41, 5.74) is 0.235. The van der Waals surface area contributed by atoms with Gasteiger partial charge in [0, 0.05) is 25.1 Å². The molecule has 1 aromatic carbocycles. The van der Waals surface area contributed by atoms with E-state index in [-0.39, 0.29) is 32.5 Å². The van der Waals surface area contributed by atoms with E-state index in [0.717, 1.165) is 30.2 Å². The maximum Gasteiger partial charge on any atom is 0.407 e. The Morgan fingerprint density at radius 1 is 1.38 bits per heavy atom. The molecule has 1 amide bonds. The first-order chi connectivity index (χ1) is 17.5. The highest BCUT2D eigenvalue weighted by molar-refractivity contribution is 9.10. The molecule has 1 aromatic heterocycles. The van der Waals surface area contributed by atoms with Crippen molar-refractivity contribution in [1.29, 1.82) is 0 Å². The van der Waals surface area contributed by atoms with Crippen molar-refractivity contribution < 1.29 is 33.2 Å². The molecule has 10 nitrogen and oxygen atoms in total. The lowest BCUT2D eigenvalue weighted by Crippen LogP contribution is -2.44. The number of benzene rings is 1. The number of carbonyl (C=O) groups is 1. The number of halogens is 3. The predicted octanol–water partition coefficient (Wildman–Crippen LogP) is 4.37. The molecular formula is C24H33BrClFN4O6. The number of nitrogens with zero attached hydrogens (tertiary/aromatic N) is 3. The van der Waals surface area contributed by atoms with Crippen LogP contribution in [-0.2, 0) is 14.2 Å². The van der Waals surface area contributed by atoms with Crippen molar-refractivity contribution in [3.63, 3.8) is 0 Å². The summed E-state index contributed by atoms with van der Waals surface area (Å²) >= 11 is 10.0. The zero-order valence-corrected chi connectivity index (χ0v) is 23.4. The highest BCUT2D eigenvalue weighted by Gasteiger charge is 2.38. The fourth-order valence-corrected chi connectivity index (χ4v) is 5.35. The van der Waals surface area contributed by atoms with Crippen LogP contribution in [0.4, 0.5) is 9.18 Å². The summed E-state index contributed by atoms with van der Waals surface area (Å²) in [7, 11) is 0. The van der Waals surface area contributed by atoms with Crippen LogP contribution >= 0.6 is 27.5 Å². The molecule has 37 heavy (non-hydrogen) atoms. The smallest absolute Gasteiger partial charge is 0.407 e. The Morgan fingerprint density at radius 3 is 2.86 bits per heavy atom. The van der Waals surface area contributed by atoms with Crippen LogP contribution in [0.1, 0.15) is 46.3 Å². The third-order valence-corrected chi connectivity index (χ3v) is 7.16. The molecule has 206 valence electrons. The number of hydrogen-bond acceptors (Lipinski definition) is 8. The minimum atomic E-state index is -1.37. The van der Waals surface area contributed by atoms with Gasteiger partial charge >= 0.3 is 6.09 Å². The number of aliphatic hydroxyl groups excluding tert-OH is 1. The predicted molar refractivity (Wildman–Crippen MR) is 138 cm³/mol. The third kappa shape index (κ3) is 7.04. The Labute approximate surface area is 228 Å². The Morgan fingerprint density at radius 2 is 2.16 bits per heavy atom. The monoisotopic (exact) mass is 606 g/mol. The van der Waals surface area contributed by atoms with Crippen molar-refractivity contribution in [3.05, 3.63) is 21.8 Å². The molecule has 2 aliphatic heterocycles. The summed E-state index contributed by atoms with van der Waals surface area (Å²) < 4.78 is 39.1. The Kier molecular flexibility index (Phi) is 9.18. The minimum Gasteiger partial charge on any atom is -0.487 e. The summed E-state index contributed by atoms with van der Waals surface area (Å²) in [6.07, 6.45) is 1.19. The van der Waals surface area contributed by atoms with E-state index < -0.39 is 30.3 Å². The molecule has 0 saturated carbocycles. The molecule has 3 heterocycles. The first-order valence-corrected chi connectivity index (χ1v) is 13.5. The number of aromatic nitrogens is 2. The van der Waals surface area contributed by atoms with Crippen molar-refractivity contribution in [2.45, 2.75) is 70.5 Å². The average Bonchev–Trinajstić information content (AvgIpc) is 3.41. The lowest BCUT2D eigenvalue weighted by Gasteiger charge is -2.29. The van der Waals surface area contributed by atoms with Gasteiger partial charge < -0.3 is 29.4 Å². The topological polar surface area (TPSA) is 107 Å². The second-order valence-corrected chi connectivity index (χ2v) is 11.3. The van der Waals surface area contributed by atoms with Gasteiger partial charge in [-0.1, -0.05) is 11.6 Å². The van der Waals surface area contributed by atoms with Gasteiger partial charge in [0.05, 0.1) is 32.9 Å². The molecule has 2 aromatic rings. The molecule has 0 aliphatic carbocycles. The van der Waals surface area contributed by atoms with Crippen LogP contribution in [0.2, 0.25) is 5.02 Å². The first kappa shape index (κ1) is 28.3. The molecule has 4 rings (SSSR count). The van der Waals surface area contributed by atoms with Crippen molar-refractivity contribution >= 4 is 44.5 Å². The number of alkyl halides is 1. The number of fused-ring (bicyclic) bond motifs is 1. The van der Waals surface area contributed by atoms with E-state index in [2.05, 4.69) is 26.3 Å². The highest BCUT2D eigenvalue weighted by atomic mass is 79.9. The zero-order valence-electron chi connectivity index (χ0n) is 21.1. The molecule has 2 N–H and O–H groups in total. The number of amides is 1. The molecular weight excluding hydrogens is 575 g/mol. The Bertz CT molecular complexity index is 1090.